The maximum absolute atomic E-state index is 12.1. The van der Waals surface area contributed by atoms with Crippen molar-refractivity contribution in [3.8, 4) is 0 Å². The standard InChI is InChI=1S/C19H23N3O3/c1-12-7-6-8-16(11-12)20-19(24)15(4)25-18(23)10-9-17-13(2)21-22(5)14(17)3/h6-11,15H,1-5H3,(H,20,24)/b10-9+/t15-/m1/s1. The van der Waals surface area contributed by atoms with E-state index in [9.17, 15) is 9.59 Å². The van der Waals surface area contributed by atoms with Crippen LogP contribution in [0.4, 0.5) is 5.69 Å². The second-order valence-electron chi connectivity index (χ2n) is 5.98. The summed E-state index contributed by atoms with van der Waals surface area (Å²) in [5.41, 5.74) is 4.36. The quantitative estimate of drug-likeness (QED) is 0.670. The van der Waals surface area contributed by atoms with E-state index in [0.717, 1.165) is 22.5 Å². The summed E-state index contributed by atoms with van der Waals surface area (Å²) in [7, 11) is 1.84. The summed E-state index contributed by atoms with van der Waals surface area (Å²) in [6.07, 6.45) is 2.08. The second kappa shape index (κ2) is 7.79. The van der Waals surface area contributed by atoms with Gasteiger partial charge in [0.05, 0.1) is 5.69 Å². The summed E-state index contributed by atoms with van der Waals surface area (Å²) in [6.45, 7) is 7.27. The van der Waals surface area contributed by atoms with E-state index >= 15 is 0 Å². The molecule has 1 atom stereocenters. The van der Waals surface area contributed by atoms with Gasteiger partial charge in [0.25, 0.3) is 5.91 Å². The molecule has 1 amide bonds. The molecule has 6 nitrogen and oxygen atoms in total. The fourth-order valence-corrected chi connectivity index (χ4v) is 2.42. The zero-order valence-electron chi connectivity index (χ0n) is 15.2. The Morgan fingerprint density at radius 1 is 1.28 bits per heavy atom. The number of ether oxygens (including phenoxy) is 1. The van der Waals surface area contributed by atoms with Crippen LogP contribution in [0.1, 0.15) is 29.4 Å². The minimum Gasteiger partial charge on any atom is -0.449 e. The Labute approximate surface area is 147 Å². The highest BCUT2D eigenvalue weighted by Crippen LogP contribution is 2.14. The lowest BCUT2D eigenvalue weighted by atomic mass is 10.2. The highest BCUT2D eigenvalue weighted by atomic mass is 16.5. The predicted octanol–water partition coefficient (Wildman–Crippen LogP) is 2.93. The van der Waals surface area contributed by atoms with E-state index in [-0.39, 0.29) is 5.91 Å². The molecule has 0 bridgehead atoms. The summed E-state index contributed by atoms with van der Waals surface area (Å²) >= 11 is 0. The van der Waals surface area contributed by atoms with Gasteiger partial charge in [-0.25, -0.2) is 4.79 Å². The Bertz CT molecular complexity index is 821. The van der Waals surface area contributed by atoms with Gasteiger partial charge in [0.2, 0.25) is 0 Å². The van der Waals surface area contributed by atoms with Crippen LogP contribution in [0.2, 0.25) is 0 Å². The first-order chi connectivity index (χ1) is 11.8. The van der Waals surface area contributed by atoms with Gasteiger partial charge in [-0.2, -0.15) is 5.10 Å². The molecule has 0 aliphatic heterocycles. The van der Waals surface area contributed by atoms with E-state index in [4.69, 9.17) is 4.74 Å². The van der Waals surface area contributed by atoms with Gasteiger partial charge in [-0.3, -0.25) is 9.48 Å². The number of anilines is 1. The van der Waals surface area contributed by atoms with E-state index in [2.05, 4.69) is 10.4 Å². The van der Waals surface area contributed by atoms with E-state index in [1.807, 2.05) is 46.0 Å². The molecule has 1 N–H and O–H groups in total. The molecule has 0 radical (unpaired) electrons. The molecule has 0 fully saturated rings. The van der Waals surface area contributed by atoms with Crippen LogP contribution in [-0.4, -0.2) is 27.8 Å². The van der Waals surface area contributed by atoms with E-state index < -0.39 is 12.1 Å². The SMILES string of the molecule is Cc1cccc(NC(=O)[C@@H](C)OC(=O)/C=C/c2c(C)nn(C)c2C)c1. The third-order valence-electron chi connectivity index (χ3n) is 3.90. The highest BCUT2D eigenvalue weighted by molar-refractivity contribution is 5.96. The van der Waals surface area contributed by atoms with Crippen LogP contribution < -0.4 is 5.32 Å². The predicted molar refractivity (Wildman–Crippen MR) is 97.1 cm³/mol. The minimum atomic E-state index is -0.895. The van der Waals surface area contributed by atoms with Crippen LogP contribution in [0.15, 0.2) is 30.3 Å². The largest absolute Gasteiger partial charge is 0.449 e. The Hall–Kier alpha value is -2.89. The molecule has 1 heterocycles. The number of hydrogen-bond donors (Lipinski definition) is 1. The van der Waals surface area contributed by atoms with Crippen LogP contribution in [-0.2, 0) is 21.4 Å². The van der Waals surface area contributed by atoms with Gasteiger partial charge >= 0.3 is 5.97 Å². The summed E-state index contributed by atoms with van der Waals surface area (Å²) < 4.78 is 6.91. The van der Waals surface area contributed by atoms with E-state index in [0.29, 0.717) is 5.69 Å². The van der Waals surface area contributed by atoms with Crippen molar-refractivity contribution in [2.45, 2.75) is 33.8 Å². The smallest absolute Gasteiger partial charge is 0.331 e. The van der Waals surface area contributed by atoms with E-state index in [1.165, 1.54) is 13.0 Å². The normalized spacial score (nSPS) is 12.2. The van der Waals surface area contributed by atoms with Crippen molar-refractivity contribution < 1.29 is 14.3 Å². The lowest BCUT2D eigenvalue weighted by Crippen LogP contribution is -2.29. The van der Waals surface area contributed by atoms with E-state index in [1.54, 1.807) is 16.8 Å². The van der Waals surface area contributed by atoms with Crippen molar-refractivity contribution in [2.24, 2.45) is 7.05 Å². The van der Waals surface area contributed by atoms with Gasteiger partial charge in [-0.1, -0.05) is 12.1 Å². The van der Waals surface area contributed by atoms with Crippen LogP contribution in [0.3, 0.4) is 0 Å². The fourth-order valence-electron chi connectivity index (χ4n) is 2.42. The zero-order valence-corrected chi connectivity index (χ0v) is 15.2. The van der Waals surface area contributed by atoms with Crippen molar-refractivity contribution in [2.75, 3.05) is 5.32 Å². The van der Waals surface area contributed by atoms with Gasteiger partial charge < -0.3 is 10.1 Å². The first-order valence-corrected chi connectivity index (χ1v) is 8.04. The molecule has 0 unspecified atom stereocenters. The lowest BCUT2D eigenvalue weighted by molar-refractivity contribution is -0.148. The summed E-state index contributed by atoms with van der Waals surface area (Å²) in [5.74, 6) is -0.948. The van der Waals surface area contributed by atoms with Crippen LogP contribution >= 0.6 is 0 Å². The van der Waals surface area contributed by atoms with Crippen LogP contribution in [0.5, 0.6) is 0 Å². The molecule has 0 spiro atoms. The third kappa shape index (κ3) is 4.79. The number of nitrogens with zero attached hydrogens (tertiary/aromatic N) is 2. The number of amides is 1. The molecule has 0 aliphatic rings. The fraction of sp³-hybridized carbons (Fsp3) is 0.316. The average Bonchev–Trinajstić information content (AvgIpc) is 2.78. The number of carbonyl (C=O) groups excluding carboxylic acids is 2. The Balaban J connectivity index is 1.95. The highest BCUT2D eigenvalue weighted by Gasteiger charge is 2.17. The summed E-state index contributed by atoms with van der Waals surface area (Å²) in [5, 5.41) is 7.01. The van der Waals surface area contributed by atoms with Crippen molar-refractivity contribution >= 4 is 23.6 Å². The Morgan fingerprint density at radius 3 is 2.60 bits per heavy atom. The molecular formula is C19H23N3O3. The number of rotatable bonds is 5. The molecule has 1 aromatic carbocycles. The maximum atomic E-state index is 12.1. The zero-order chi connectivity index (χ0) is 18.6. The first-order valence-electron chi connectivity index (χ1n) is 8.04. The topological polar surface area (TPSA) is 73.2 Å². The number of esters is 1. The van der Waals surface area contributed by atoms with Gasteiger partial charge in [0, 0.05) is 30.1 Å². The number of aromatic nitrogens is 2. The summed E-state index contributed by atoms with van der Waals surface area (Å²) in [4.78, 5) is 24.1. The third-order valence-corrected chi connectivity index (χ3v) is 3.90. The molecule has 132 valence electrons. The average molecular weight is 341 g/mol. The molecular weight excluding hydrogens is 318 g/mol. The lowest BCUT2D eigenvalue weighted by Gasteiger charge is -2.12. The first kappa shape index (κ1) is 18.4. The molecule has 6 heteroatoms. The summed E-state index contributed by atoms with van der Waals surface area (Å²) in [6, 6.07) is 7.42. The van der Waals surface area contributed by atoms with Crippen LogP contribution in [0.25, 0.3) is 6.08 Å². The van der Waals surface area contributed by atoms with Gasteiger partial charge in [0.15, 0.2) is 6.10 Å². The molecule has 1 aromatic heterocycles. The number of aryl methyl sites for hydroxylation is 3. The Kier molecular flexibility index (Phi) is 5.75. The second-order valence-corrected chi connectivity index (χ2v) is 5.98. The number of benzene rings is 1. The molecule has 2 rings (SSSR count). The van der Waals surface area contributed by atoms with Crippen molar-refractivity contribution in [3.05, 3.63) is 52.9 Å². The molecule has 0 aliphatic carbocycles. The van der Waals surface area contributed by atoms with Crippen molar-refractivity contribution in [1.29, 1.82) is 0 Å². The van der Waals surface area contributed by atoms with Crippen molar-refractivity contribution in [1.82, 2.24) is 9.78 Å². The van der Waals surface area contributed by atoms with Gasteiger partial charge in [0.1, 0.15) is 0 Å². The molecule has 25 heavy (non-hydrogen) atoms. The monoisotopic (exact) mass is 341 g/mol. The van der Waals surface area contributed by atoms with Gasteiger partial charge in [-0.05, 0) is 51.5 Å². The van der Waals surface area contributed by atoms with Crippen LogP contribution in [0, 0.1) is 20.8 Å². The molecule has 2 aromatic rings. The number of carbonyl (C=O) groups is 2. The number of hydrogen-bond acceptors (Lipinski definition) is 4. The Morgan fingerprint density at radius 2 is 2.00 bits per heavy atom. The molecule has 0 saturated carbocycles. The van der Waals surface area contributed by atoms with Crippen molar-refractivity contribution in [3.63, 3.8) is 0 Å². The minimum absolute atomic E-state index is 0.374. The molecule has 0 saturated heterocycles. The number of nitrogens with one attached hydrogen (secondary N) is 1. The maximum Gasteiger partial charge on any atom is 0.331 e. The van der Waals surface area contributed by atoms with Gasteiger partial charge in [-0.15, -0.1) is 0 Å².